The lowest BCUT2D eigenvalue weighted by molar-refractivity contribution is -0.111. The summed E-state index contributed by atoms with van der Waals surface area (Å²) in [6.07, 6.45) is 3.20. The van der Waals surface area contributed by atoms with Crippen LogP contribution in [-0.4, -0.2) is 28.8 Å². The van der Waals surface area contributed by atoms with Crippen LogP contribution in [0.3, 0.4) is 0 Å². The normalized spacial score (nSPS) is 10.4. The molecule has 3 aromatic rings. The number of hydrogen-bond donors (Lipinski definition) is 1. The Kier molecular flexibility index (Phi) is 6.64. The summed E-state index contributed by atoms with van der Waals surface area (Å²) in [4.78, 5) is 37.5. The number of nitrogens with one attached hydrogen (secondary N) is 1. The van der Waals surface area contributed by atoms with E-state index in [2.05, 4.69) is 5.32 Å². The molecule has 30 heavy (non-hydrogen) atoms. The molecular formula is C23H22N2O4S. The maximum atomic E-state index is 12.9. The number of amides is 1. The molecule has 0 unspecified atom stereocenters. The number of allylic oxidation sites excluding steroid dienone is 1. The summed E-state index contributed by atoms with van der Waals surface area (Å²) in [5.74, 6) is -1.29. The van der Waals surface area contributed by atoms with Crippen molar-refractivity contribution in [3.8, 4) is 11.1 Å². The number of aryl methyl sites for hydroxylation is 1. The van der Waals surface area contributed by atoms with Crippen molar-refractivity contribution in [2.75, 3.05) is 11.9 Å². The molecule has 2 heterocycles. The zero-order valence-corrected chi connectivity index (χ0v) is 17.8. The fourth-order valence-electron chi connectivity index (χ4n) is 2.92. The summed E-state index contributed by atoms with van der Waals surface area (Å²) in [5.41, 5.74) is 2.99. The van der Waals surface area contributed by atoms with Crippen LogP contribution in [-0.2, 0) is 16.6 Å². The van der Waals surface area contributed by atoms with Gasteiger partial charge < -0.3 is 14.6 Å². The number of anilines is 1. The van der Waals surface area contributed by atoms with E-state index in [1.54, 1.807) is 35.3 Å². The van der Waals surface area contributed by atoms with Crippen molar-refractivity contribution >= 4 is 34.0 Å². The molecule has 0 atom stereocenters. The van der Waals surface area contributed by atoms with Crippen molar-refractivity contribution in [3.05, 3.63) is 76.9 Å². The number of rotatable bonds is 7. The van der Waals surface area contributed by atoms with E-state index in [0.29, 0.717) is 16.3 Å². The molecule has 154 valence electrons. The van der Waals surface area contributed by atoms with Crippen molar-refractivity contribution in [2.24, 2.45) is 7.05 Å². The first-order chi connectivity index (χ1) is 14.4. The number of thiophene rings is 1. The molecule has 0 aliphatic rings. The summed E-state index contributed by atoms with van der Waals surface area (Å²) in [7, 11) is 1.75. The van der Waals surface area contributed by atoms with Crippen molar-refractivity contribution in [2.45, 2.75) is 13.8 Å². The van der Waals surface area contributed by atoms with Crippen LogP contribution >= 0.6 is 11.3 Å². The molecule has 0 saturated heterocycles. The number of hydrogen-bond acceptors (Lipinski definition) is 5. The number of benzene rings is 1. The molecule has 0 fully saturated rings. The first-order valence-electron chi connectivity index (χ1n) is 9.31. The average molecular weight is 423 g/mol. The molecule has 0 radical (unpaired) electrons. The molecular weight excluding hydrogens is 400 g/mol. The van der Waals surface area contributed by atoms with Crippen LogP contribution < -0.4 is 5.32 Å². The van der Waals surface area contributed by atoms with Crippen LogP contribution in [0.25, 0.3) is 11.1 Å². The van der Waals surface area contributed by atoms with Crippen LogP contribution in [0, 0.1) is 0 Å². The summed E-state index contributed by atoms with van der Waals surface area (Å²) in [6.45, 7) is 3.24. The minimum atomic E-state index is -0.662. The lowest BCUT2D eigenvalue weighted by Gasteiger charge is -2.09. The van der Waals surface area contributed by atoms with Crippen LogP contribution in [0.4, 0.5) is 5.00 Å². The Bertz CT molecular complexity index is 1110. The third-order valence-electron chi connectivity index (χ3n) is 4.30. The van der Waals surface area contributed by atoms with Crippen molar-refractivity contribution in [3.63, 3.8) is 0 Å². The summed E-state index contributed by atoms with van der Waals surface area (Å²) < 4.78 is 7.00. The highest BCUT2D eigenvalue weighted by atomic mass is 32.1. The van der Waals surface area contributed by atoms with Gasteiger partial charge in [-0.05, 0) is 31.5 Å². The number of ketones is 1. The van der Waals surface area contributed by atoms with Crippen molar-refractivity contribution in [1.29, 1.82) is 0 Å². The van der Waals surface area contributed by atoms with Gasteiger partial charge in [0.2, 0.25) is 11.7 Å². The first kappa shape index (κ1) is 21.3. The molecule has 6 nitrogen and oxygen atoms in total. The van der Waals surface area contributed by atoms with E-state index in [-0.39, 0.29) is 23.9 Å². The maximum Gasteiger partial charge on any atom is 0.342 e. The Morgan fingerprint density at radius 2 is 1.83 bits per heavy atom. The Balaban J connectivity index is 1.88. The van der Waals surface area contributed by atoms with Crippen molar-refractivity contribution in [1.82, 2.24) is 4.57 Å². The van der Waals surface area contributed by atoms with E-state index in [1.165, 1.54) is 17.4 Å². The fourth-order valence-corrected chi connectivity index (χ4v) is 3.88. The van der Waals surface area contributed by atoms with Gasteiger partial charge in [0.25, 0.3) is 0 Å². The molecule has 2 aromatic heterocycles. The van der Waals surface area contributed by atoms with Gasteiger partial charge in [0.05, 0.1) is 5.69 Å². The van der Waals surface area contributed by atoms with Gasteiger partial charge in [-0.3, -0.25) is 9.59 Å². The van der Waals surface area contributed by atoms with Gasteiger partial charge in [0.1, 0.15) is 10.6 Å². The minimum absolute atomic E-state index is 0.237. The van der Waals surface area contributed by atoms with E-state index >= 15 is 0 Å². The maximum absolute atomic E-state index is 12.9. The summed E-state index contributed by atoms with van der Waals surface area (Å²) >= 11 is 1.24. The molecule has 1 N–H and O–H groups in total. The standard InChI is InChI=1S/C23H22N2O4S/c1-15(2)12-20(27)24-22-21(17(14-30-22)16-8-5-4-6-9-16)23(28)29-13-19(26)18-10-7-11-25(18)3/h4-12,14H,13H2,1-3H3,(H,24,27). The molecule has 3 rings (SSSR count). The Morgan fingerprint density at radius 3 is 2.47 bits per heavy atom. The van der Waals surface area contributed by atoms with Gasteiger partial charge >= 0.3 is 5.97 Å². The number of carbonyl (C=O) groups excluding carboxylic acids is 3. The predicted molar refractivity (Wildman–Crippen MR) is 118 cm³/mol. The van der Waals surface area contributed by atoms with Gasteiger partial charge in [-0.25, -0.2) is 4.79 Å². The zero-order chi connectivity index (χ0) is 21.7. The van der Waals surface area contributed by atoms with Crippen LogP contribution in [0.2, 0.25) is 0 Å². The molecule has 0 bridgehead atoms. The second-order valence-corrected chi connectivity index (χ2v) is 7.81. The van der Waals surface area contributed by atoms with E-state index in [1.807, 2.05) is 44.2 Å². The number of nitrogens with zero attached hydrogens (tertiary/aromatic N) is 1. The third-order valence-corrected chi connectivity index (χ3v) is 5.20. The quantitative estimate of drug-likeness (QED) is 0.340. The van der Waals surface area contributed by atoms with E-state index in [4.69, 9.17) is 4.74 Å². The summed E-state index contributed by atoms with van der Waals surface area (Å²) in [5, 5.41) is 4.93. The fraction of sp³-hybridized carbons (Fsp3) is 0.174. The highest BCUT2D eigenvalue weighted by Gasteiger charge is 2.24. The Morgan fingerprint density at radius 1 is 1.10 bits per heavy atom. The lowest BCUT2D eigenvalue weighted by atomic mass is 10.0. The molecule has 1 amide bonds. The average Bonchev–Trinajstić information content (AvgIpc) is 3.32. The topological polar surface area (TPSA) is 77.4 Å². The highest BCUT2D eigenvalue weighted by molar-refractivity contribution is 7.15. The second-order valence-electron chi connectivity index (χ2n) is 6.93. The number of Topliss-reactive ketones (excluding diaryl/α,β-unsaturated/α-hetero) is 1. The predicted octanol–water partition coefficient (Wildman–Crippen LogP) is 4.70. The minimum Gasteiger partial charge on any atom is -0.454 e. The number of carbonyl (C=O) groups is 3. The Labute approximate surface area is 178 Å². The highest BCUT2D eigenvalue weighted by Crippen LogP contribution is 2.36. The summed E-state index contributed by atoms with van der Waals surface area (Å²) in [6, 6.07) is 12.8. The zero-order valence-electron chi connectivity index (χ0n) is 17.0. The van der Waals surface area contributed by atoms with Gasteiger partial charge in [-0.1, -0.05) is 35.9 Å². The van der Waals surface area contributed by atoms with Gasteiger partial charge in [-0.15, -0.1) is 11.3 Å². The smallest absolute Gasteiger partial charge is 0.342 e. The van der Waals surface area contributed by atoms with Crippen molar-refractivity contribution < 1.29 is 19.1 Å². The lowest BCUT2D eigenvalue weighted by Crippen LogP contribution is -2.18. The first-order valence-corrected chi connectivity index (χ1v) is 10.2. The molecule has 7 heteroatoms. The molecule has 0 spiro atoms. The largest absolute Gasteiger partial charge is 0.454 e. The monoisotopic (exact) mass is 422 g/mol. The van der Waals surface area contributed by atoms with E-state index in [0.717, 1.165) is 11.1 Å². The van der Waals surface area contributed by atoms with Crippen LogP contribution in [0.15, 0.2) is 65.7 Å². The van der Waals surface area contributed by atoms with Gasteiger partial charge in [0, 0.05) is 30.3 Å². The van der Waals surface area contributed by atoms with E-state index in [9.17, 15) is 14.4 Å². The second kappa shape index (κ2) is 9.37. The molecule has 1 aromatic carbocycles. The van der Waals surface area contributed by atoms with E-state index < -0.39 is 5.97 Å². The number of esters is 1. The molecule has 0 saturated carbocycles. The molecule has 0 aliphatic heterocycles. The Hall–Kier alpha value is -3.45. The van der Waals surface area contributed by atoms with Gasteiger partial charge in [0.15, 0.2) is 6.61 Å². The van der Waals surface area contributed by atoms with Gasteiger partial charge in [-0.2, -0.15) is 0 Å². The van der Waals surface area contributed by atoms with Crippen LogP contribution in [0.5, 0.6) is 0 Å². The SMILES string of the molecule is CC(C)=CC(=O)Nc1scc(-c2ccccc2)c1C(=O)OCC(=O)c1cccn1C. The number of ether oxygens (including phenoxy) is 1. The third kappa shape index (κ3) is 4.93. The molecule has 0 aliphatic carbocycles. The number of aromatic nitrogens is 1. The van der Waals surface area contributed by atoms with Crippen LogP contribution in [0.1, 0.15) is 34.7 Å².